The molecule has 0 unspecified atom stereocenters. The van der Waals surface area contributed by atoms with Gasteiger partial charge in [0.2, 0.25) is 6.10 Å². The summed E-state index contributed by atoms with van der Waals surface area (Å²) in [5.41, 5.74) is 0.820. The van der Waals surface area contributed by atoms with Gasteiger partial charge in [0.05, 0.1) is 18.7 Å². The Morgan fingerprint density at radius 2 is 2.19 bits per heavy atom. The van der Waals surface area contributed by atoms with Crippen molar-refractivity contribution in [3.05, 3.63) is 48.0 Å². The van der Waals surface area contributed by atoms with Gasteiger partial charge in [0.1, 0.15) is 6.07 Å². The number of carbonyl (C=O) groups is 1. The smallest absolute Gasteiger partial charge is 0.412 e. The first-order valence-electron chi connectivity index (χ1n) is 6.88. The number of aliphatic hydroxyl groups excluding tert-OH is 1. The van der Waals surface area contributed by atoms with Crippen molar-refractivity contribution in [1.82, 2.24) is 4.90 Å². The summed E-state index contributed by atoms with van der Waals surface area (Å²) in [5, 5.41) is 18.9. The lowest BCUT2D eigenvalue weighted by molar-refractivity contribution is 0.115. The van der Waals surface area contributed by atoms with Crippen molar-refractivity contribution in [1.29, 1.82) is 5.26 Å². The van der Waals surface area contributed by atoms with Crippen molar-refractivity contribution in [2.24, 2.45) is 0 Å². The quantitative estimate of drug-likeness (QED) is 0.843. The highest BCUT2D eigenvalue weighted by Crippen LogP contribution is 2.32. The molecule has 1 fully saturated rings. The monoisotopic (exact) mass is 286 g/mol. The Morgan fingerprint density at radius 3 is 2.76 bits per heavy atom. The summed E-state index contributed by atoms with van der Waals surface area (Å²) in [7, 11) is 0. The zero-order chi connectivity index (χ0) is 15.2. The Kier molecular flexibility index (Phi) is 4.96. The minimum Gasteiger partial charge on any atom is -0.428 e. The number of nitrogens with zero attached hydrogens (tertiary/aromatic N) is 2. The summed E-state index contributed by atoms with van der Waals surface area (Å²) in [4.78, 5) is 13.6. The number of hydrogen-bond acceptors (Lipinski definition) is 4. The maximum absolute atomic E-state index is 12.1. The summed E-state index contributed by atoms with van der Waals surface area (Å²) in [5.74, 6) is 0. The molecule has 0 aromatic heterocycles. The second-order valence-electron chi connectivity index (χ2n) is 4.82. The standard InChI is InChI=1S/C16H18N2O3/c1-2-3-9-13-15(10-17)21-16(20)18(13)14(11-19)12-7-5-4-6-8-12/h2-8,13-15,19H,9,11H2,1H3/b3-2+/t13-,14+,15-/m1/s1. The van der Waals surface area contributed by atoms with Gasteiger partial charge in [-0.15, -0.1) is 0 Å². The Bertz CT molecular complexity index is 550. The Morgan fingerprint density at radius 1 is 1.48 bits per heavy atom. The Hall–Kier alpha value is -2.32. The normalized spacial score (nSPS) is 23.1. The number of rotatable bonds is 5. The molecule has 0 bridgehead atoms. The van der Waals surface area contributed by atoms with Crippen LogP contribution in [0.4, 0.5) is 4.79 Å². The minimum atomic E-state index is -0.813. The van der Waals surface area contributed by atoms with E-state index in [0.29, 0.717) is 6.42 Å². The van der Waals surface area contributed by atoms with E-state index in [4.69, 9.17) is 10.00 Å². The maximum Gasteiger partial charge on any atom is 0.412 e. The third-order valence-electron chi connectivity index (χ3n) is 3.58. The van der Waals surface area contributed by atoms with Gasteiger partial charge in [0.15, 0.2) is 0 Å². The maximum atomic E-state index is 12.1. The number of amides is 1. The van der Waals surface area contributed by atoms with Crippen LogP contribution in [0.3, 0.4) is 0 Å². The zero-order valence-corrected chi connectivity index (χ0v) is 11.8. The first-order valence-corrected chi connectivity index (χ1v) is 6.88. The van der Waals surface area contributed by atoms with E-state index in [0.717, 1.165) is 5.56 Å². The molecule has 1 aromatic carbocycles. The predicted molar refractivity (Wildman–Crippen MR) is 77.2 cm³/mol. The highest BCUT2D eigenvalue weighted by molar-refractivity contribution is 5.72. The van der Waals surface area contributed by atoms with Gasteiger partial charge < -0.3 is 9.84 Å². The molecule has 3 atom stereocenters. The topological polar surface area (TPSA) is 73.6 Å². The fourth-order valence-electron chi connectivity index (χ4n) is 2.54. The van der Waals surface area contributed by atoms with Crippen LogP contribution < -0.4 is 0 Å². The molecule has 1 aromatic rings. The second-order valence-corrected chi connectivity index (χ2v) is 4.82. The van der Waals surface area contributed by atoms with Crippen LogP contribution >= 0.6 is 0 Å². The highest BCUT2D eigenvalue weighted by atomic mass is 16.6. The van der Waals surface area contributed by atoms with Gasteiger partial charge in [-0.25, -0.2) is 4.79 Å². The molecule has 1 saturated heterocycles. The number of allylic oxidation sites excluding steroid dienone is 1. The van der Waals surface area contributed by atoms with E-state index in [9.17, 15) is 9.90 Å². The van der Waals surface area contributed by atoms with Crippen molar-refractivity contribution in [2.75, 3.05) is 6.61 Å². The van der Waals surface area contributed by atoms with Gasteiger partial charge in [0.25, 0.3) is 0 Å². The number of hydrogen-bond donors (Lipinski definition) is 1. The molecule has 1 heterocycles. The molecular formula is C16H18N2O3. The zero-order valence-electron chi connectivity index (χ0n) is 11.8. The van der Waals surface area contributed by atoms with Crippen LogP contribution in [-0.2, 0) is 4.74 Å². The van der Waals surface area contributed by atoms with Gasteiger partial charge in [0, 0.05) is 0 Å². The van der Waals surface area contributed by atoms with Crippen molar-refractivity contribution >= 4 is 6.09 Å². The number of carbonyl (C=O) groups excluding carboxylic acids is 1. The SMILES string of the molecule is C/C=C/C[C@@H]1[C@@H](C#N)OC(=O)N1[C@@H](CO)c1ccccc1. The largest absolute Gasteiger partial charge is 0.428 e. The van der Waals surface area contributed by atoms with Crippen molar-refractivity contribution in [3.8, 4) is 6.07 Å². The van der Waals surface area contributed by atoms with Crippen molar-refractivity contribution in [3.63, 3.8) is 0 Å². The Balaban J connectivity index is 2.33. The van der Waals surface area contributed by atoms with Gasteiger partial charge in [-0.3, -0.25) is 4.90 Å². The third-order valence-corrected chi connectivity index (χ3v) is 3.58. The summed E-state index contributed by atoms with van der Waals surface area (Å²) in [6, 6.07) is 10.4. The van der Waals surface area contributed by atoms with Crippen molar-refractivity contribution < 1.29 is 14.6 Å². The molecule has 1 aliphatic rings. The molecule has 110 valence electrons. The Labute approximate surface area is 124 Å². The molecule has 2 rings (SSSR count). The average molecular weight is 286 g/mol. The number of ether oxygens (including phenoxy) is 1. The van der Waals surface area contributed by atoms with Crippen molar-refractivity contribution in [2.45, 2.75) is 31.5 Å². The summed E-state index contributed by atoms with van der Waals surface area (Å²) >= 11 is 0. The fraction of sp³-hybridized carbons (Fsp3) is 0.375. The second kappa shape index (κ2) is 6.91. The van der Waals surface area contributed by atoms with Crippen LogP contribution in [0, 0.1) is 11.3 Å². The lowest BCUT2D eigenvalue weighted by atomic mass is 10.0. The fourth-order valence-corrected chi connectivity index (χ4v) is 2.54. The summed E-state index contributed by atoms with van der Waals surface area (Å²) in [6.07, 6.45) is 2.91. The molecular weight excluding hydrogens is 268 g/mol. The third kappa shape index (κ3) is 3.06. The van der Waals surface area contributed by atoms with E-state index >= 15 is 0 Å². The molecule has 0 spiro atoms. The van der Waals surface area contributed by atoms with Crippen LogP contribution in [0.25, 0.3) is 0 Å². The van der Waals surface area contributed by atoms with E-state index in [1.54, 1.807) is 0 Å². The van der Waals surface area contributed by atoms with Crippen LogP contribution in [-0.4, -0.2) is 34.9 Å². The van der Waals surface area contributed by atoms with E-state index in [1.165, 1.54) is 4.90 Å². The molecule has 0 radical (unpaired) electrons. The molecule has 0 saturated carbocycles. The van der Waals surface area contributed by atoms with Gasteiger partial charge >= 0.3 is 6.09 Å². The summed E-state index contributed by atoms with van der Waals surface area (Å²) in [6.45, 7) is 1.66. The van der Waals surface area contributed by atoms with Gasteiger partial charge in [-0.2, -0.15) is 5.26 Å². The highest BCUT2D eigenvalue weighted by Gasteiger charge is 2.44. The molecule has 5 nitrogen and oxygen atoms in total. The van der Waals surface area contributed by atoms with Crippen LogP contribution in [0.5, 0.6) is 0 Å². The van der Waals surface area contributed by atoms with Crippen LogP contribution in [0.2, 0.25) is 0 Å². The molecule has 1 amide bonds. The van der Waals surface area contributed by atoms with E-state index in [1.807, 2.05) is 55.5 Å². The van der Waals surface area contributed by atoms with Crippen LogP contribution in [0.15, 0.2) is 42.5 Å². The number of cyclic esters (lactones) is 1. The molecule has 1 aliphatic heterocycles. The van der Waals surface area contributed by atoms with E-state index in [2.05, 4.69) is 0 Å². The number of benzene rings is 1. The van der Waals surface area contributed by atoms with Crippen LogP contribution in [0.1, 0.15) is 24.9 Å². The molecule has 1 N–H and O–H groups in total. The lowest BCUT2D eigenvalue weighted by Gasteiger charge is -2.29. The first kappa shape index (κ1) is 15.1. The minimum absolute atomic E-state index is 0.219. The van der Waals surface area contributed by atoms with Gasteiger partial charge in [-0.1, -0.05) is 42.5 Å². The molecule has 5 heteroatoms. The predicted octanol–water partition coefficient (Wildman–Crippen LogP) is 2.40. The number of nitriles is 1. The molecule has 21 heavy (non-hydrogen) atoms. The molecule has 0 aliphatic carbocycles. The number of aliphatic hydroxyl groups is 1. The average Bonchev–Trinajstić information content (AvgIpc) is 2.83. The first-order chi connectivity index (χ1) is 10.2. The lowest BCUT2D eigenvalue weighted by Crippen LogP contribution is -2.40. The van der Waals surface area contributed by atoms with E-state index in [-0.39, 0.29) is 6.61 Å². The summed E-state index contributed by atoms with van der Waals surface area (Å²) < 4.78 is 5.12. The van der Waals surface area contributed by atoms with Gasteiger partial charge in [-0.05, 0) is 18.9 Å². The van der Waals surface area contributed by atoms with E-state index < -0.39 is 24.3 Å².